The molecule has 180 valence electrons. The minimum atomic E-state index is -0.623. The van der Waals surface area contributed by atoms with Crippen LogP contribution in [0.1, 0.15) is 33.3 Å². The van der Waals surface area contributed by atoms with Gasteiger partial charge in [-0.05, 0) is 75.7 Å². The van der Waals surface area contributed by atoms with Crippen LogP contribution >= 0.6 is 11.8 Å². The number of esters is 1. The molecule has 0 atom stereocenters. The molecule has 0 aromatic heterocycles. The van der Waals surface area contributed by atoms with E-state index in [-0.39, 0.29) is 17.9 Å². The van der Waals surface area contributed by atoms with Crippen LogP contribution in [0.5, 0.6) is 17.2 Å². The Balaban J connectivity index is 1.98. The van der Waals surface area contributed by atoms with Gasteiger partial charge >= 0.3 is 5.97 Å². The number of rotatable bonds is 10. The Hall–Kier alpha value is -3.39. The molecule has 8 heteroatoms. The van der Waals surface area contributed by atoms with Crippen LogP contribution in [0.25, 0.3) is 6.08 Å². The highest BCUT2D eigenvalue weighted by molar-refractivity contribution is 8.18. The number of benzene rings is 2. The SMILES string of the molecule is CCOC(=O)C1=C(O)C(=Cc2ccc(OCC)c(OCC)c2)SC1=Nc1ccc(OCC)cc1. The number of hydrogen-bond donors (Lipinski definition) is 1. The van der Waals surface area contributed by atoms with Crippen LogP contribution in [0.15, 0.2) is 63.7 Å². The van der Waals surface area contributed by atoms with E-state index in [1.807, 2.05) is 51.1 Å². The molecule has 34 heavy (non-hydrogen) atoms. The Morgan fingerprint density at radius 1 is 0.912 bits per heavy atom. The van der Waals surface area contributed by atoms with E-state index in [0.717, 1.165) is 11.3 Å². The molecule has 2 aromatic carbocycles. The molecule has 0 spiro atoms. The standard InChI is InChI=1S/C26H29NO6S/c1-5-30-19-12-10-18(11-13-19)27-25-23(26(29)33-8-4)24(28)22(34-25)16-17-9-14-20(31-6-2)21(15-17)32-7-3/h9-16,28H,5-8H2,1-4H3. The highest BCUT2D eigenvalue weighted by atomic mass is 32.2. The fourth-order valence-corrected chi connectivity index (χ4v) is 4.24. The molecule has 1 N–H and O–H groups in total. The summed E-state index contributed by atoms with van der Waals surface area (Å²) < 4.78 is 22.0. The molecular weight excluding hydrogens is 454 g/mol. The average molecular weight is 484 g/mol. The number of carbonyl (C=O) groups is 1. The summed E-state index contributed by atoms with van der Waals surface area (Å²) in [6.07, 6.45) is 1.78. The lowest BCUT2D eigenvalue weighted by Crippen LogP contribution is -2.12. The van der Waals surface area contributed by atoms with Crippen LogP contribution in [-0.2, 0) is 9.53 Å². The topological polar surface area (TPSA) is 86.6 Å². The van der Waals surface area contributed by atoms with Crippen molar-refractivity contribution < 1.29 is 28.8 Å². The van der Waals surface area contributed by atoms with Gasteiger partial charge in [-0.1, -0.05) is 17.8 Å². The summed E-state index contributed by atoms with van der Waals surface area (Å²) in [5.74, 6) is 1.20. The van der Waals surface area contributed by atoms with Crippen molar-refractivity contribution in [2.45, 2.75) is 27.7 Å². The van der Waals surface area contributed by atoms with Gasteiger partial charge in [0.2, 0.25) is 0 Å². The minimum Gasteiger partial charge on any atom is -0.506 e. The second-order valence-electron chi connectivity index (χ2n) is 6.97. The van der Waals surface area contributed by atoms with Crippen LogP contribution in [-0.4, -0.2) is 42.5 Å². The molecule has 0 saturated heterocycles. The van der Waals surface area contributed by atoms with Crippen molar-refractivity contribution in [3.05, 3.63) is 64.3 Å². The third-order valence-electron chi connectivity index (χ3n) is 4.61. The van der Waals surface area contributed by atoms with Gasteiger partial charge in [0.1, 0.15) is 22.1 Å². The lowest BCUT2D eigenvalue weighted by molar-refractivity contribution is -0.138. The summed E-state index contributed by atoms with van der Waals surface area (Å²) in [5, 5.41) is 11.3. The number of aliphatic hydroxyl groups is 1. The lowest BCUT2D eigenvalue weighted by atomic mass is 10.1. The van der Waals surface area contributed by atoms with Gasteiger partial charge in [0.25, 0.3) is 0 Å². The van der Waals surface area contributed by atoms with Crippen molar-refractivity contribution in [1.29, 1.82) is 0 Å². The number of carbonyl (C=O) groups excluding carboxylic acids is 1. The maximum Gasteiger partial charge on any atom is 0.344 e. The van der Waals surface area contributed by atoms with Crippen LogP contribution < -0.4 is 14.2 Å². The van der Waals surface area contributed by atoms with Crippen molar-refractivity contribution in [3.63, 3.8) is 0 Å². The second kappa shape index (κ2) is 12.2. The zero-order chi connectivity index (χ0) is 24.5. The summed E-state index contributed by atoms with van der Waals surface area (Å²) in [4.78, 5) is 17.7. The molecule has 2 aromatic rings. The number of aliphatic hydroxyl groups excluding tert-OH is 1. The molecule has 1 aliphatic rings. The largest absolute Gasteiger partial charge is 0.506 e. The fourth-order valence-electron chi connectivity index (χ4n) is 3.20. The first kappa shape index (κ1) is 25.2. The van der Waals surface area contributed by atoms with Gasteiger partial charge in [-0.25, -0.2) is 9.79 Å². The monoisotopic (exact) mass is 483 g/mol. The van der Waals surface area contributed by atoms with E-state index < -0.39 is 5.97 Å². The second-order valence-corrected chi connectivity index (χ2v) is 8.00. The first-order valence-corrected chi connectivity index (χ1v) is 12.0. The van der Waals surface area contributed by atoms with Crippen molar-refractivity contribution in [3.8, 4) is 17.2 Å². The Kier molecular flexibility index (Phi) is 9.04. The molecule has 1 aliphatic heterocycles. The third-order valence-corrected chi connectivity index (χ3v) is 5.63. The van der Waals surface area contributed by atoms with Gasteiger partial charge in [-0.3, -0.25) is 0 Å². The molecule has 1 heterocycles. The number of ether oxygens (including phenoxy) is 4. The average Bonchev–Trinajstić information content (AvgIpc) is 3.12. The van der Waals surface area contributed by atoms with Crippen LogP contribution in [0.4, 0.5) is 5.69 Å². The predicted molar refractivity (Wildman–Crippen MR) is 135 cm³/mol. The number of thioether (sulfide) groups is 1. The van der Waals surface area contributed by atoms with Crippen LogP contribution in [0.2, 0.25) is 0 Å². The van der Waals surface area contributed by atoms with Gasteiger partial charge in [0, 0.05) is 0 Å². The molecule has 7 nitrogen and oxygen atoms in total. The van der Waals surface area contributed by atoms with Gasteiger partial charge in [-0.2, -0.15) is 0 Å². The molecule has 0 saturated carbocycles. The Labute approximate surface area is 204 Å². The zero-order valence-corrected chi connectivity index (χ0v) is 20.6. The van der Waals surface area contributed by atoms with Crippen LogP contribution in [0, 0.1) is 0 Å². The summed E-state index contributed by atoms with van der Waals surface area (Å²) in [5.41, 5.74) is 1.45. The molecule has 0 aliphatic carbocycles. The number of nitrogens with zero attached hydrogens (tertiary/aromatic N) is 1. The predicted octanol–water partition coefficient (Wildman–Crippen LogP) is 6.08. The summed E-state index contributed by atoms with van der Waals surface area (Å²) in [6.45, 7) is 9.21. The number of hydrogen-bond acceptors (Lipinski definition) is 8. The minimum absolute atomic E-state index is 0.0444. The van der Waals surface area contributed by atoms with E-state index in [1.54, 1.807) is 25.1 Å². The van der Waals surface area contributed by atoms with E-state index in [1.165, 1.54) is 11.8 Å². The van der Waals surface area contributed by atoms with Gasteiger partial charge in [-0.15, -0.1) is 0 Å². The Morgan fingerprint density at radius 3 is 2.24 bits per heavy atom. The van der Waals surface area contributed by atoms with E-state index >= 15 is 0 Å². The molecule has 0 bridgehead atoms. The smallest absolute Gasteiger partial charge is 0.344 e. The van der Waals surface area contributed by atoms with Gasteiger partial charge in [0.15, 0.2) is 11.5 Å². The Bertz CT molecular complexity index is 1100. The van der Waals surface area contributed by atoms with Crippen LogP contribution in [0.3, 0.4) is 0 Å². The highest BCUT2D eigenvalue weighted by Crippen LogP contribution is 2.41. The van der Waals surface area contributed by atoms with E-state index in [0.29, 0.717) is 47.0 Å². The van der Waals surface area contributed by atoms with E-state index in [9.17, 15) is 9.90 Å². The zero-order valence-electron chi connectivity index (χ0n) is 19.8. The molecule has 0 radical (unpaired) electrons. The van der Waals surface area contributed by atoms with E-state index in [4.69, 9.17) is 18.9 Å². The normalized spacial score (nSPS) is 15.6. The summed E-state index contributed by atoms with van der Waals surface area (Å²) >= 11 is 1.20. The lowest BCUT2D eigenvalue weighted by Gasteiger charge is -2.11. The number of aliphatic imine (C=N–C) groups is 1. The third kappa shape index (κ3) is 6.14. The van der Waals surface area contributed by atoms with Crippen molar-refractivity contribution >= 4 is 34.5 Å². The van der Waals surface area contributed by atoms with Gasteiger partial charge in [0.05, 0.1) is 37.0 Å². The molecule has 3 rings (SSSR count). The maximum atomic E-state index is 12.6. The van der Waals surface area contributed by atoms with E-state index in [2.05, 4.69) is 4.99 Å². The Morgan fingerprint density at radius 2 is 1.59 bits per heavy atom. The first-order chi connectivity index (χ1) is 16.5. The summed E-state index contributed by atoms with van der Waals surface area (Å²) in [7, 11) is 0. The summed E-state index contributed by atoms with van der Waals surface area (Å²) in [6, 6.07) is 12.7. The first-order valence-electron chi connectivity index (χ1n) is 11.2. The molecule has 0 fully saturated rings. The molecular formula is C26H29NO6S. The molecule has 0 amide bonds. The van der Waals surface area contributed by atoms with Gasteiger partial charge < -0.3 is 24.1 Å². The highest BCUT2D eigenvalue weighted by Gasteiger charge is 2.33. The van der Waals surface area contributed by atoms with Crippen molar-refractivity contribution in [1.82, 2.24) is 0 Å². The molecule has 0 unspecified atom stereocenters. The fraction of sp³-hybridized carbons (Fsp3) is 0.308. The van der Waals surface area contributed by atoms with Crippen molar-refractivity contribution in [2.75, 3.05) is 26.4 Å². The van der Waals surface area contributed by atoms with Crippen molar-refractivity contribution in [2.24, 2.45) is 4.99 Å². The quantitative estimate of drug-likeness (QED) is 0.410. The maximum absolute atomic E-state index is 12.6.